The molecule has 5 rings (SSSR count). The summed E-state index contributed by atoms with van der Waals surface area (Å²) < 4.78 is 13.4. The van der Waals surface area contributed by atoms with Gasteiger partial charge in [0.2, 0.25) is 17.6 Å². The summed E-state index contributed by atoms with van der Waals surface area (Å²) in [6, 6.07) is 5.78. The standard InChI is InChI=1S/C25H33ClN6O4/c1-27-22(34)14-31-8-7-30(12-18(31)16-33)15-23-28-25(29-36-23)20-13-32(11-17-5-9-35-10-6-17)24-19(20)3-2-4-21(24)26/h2-4,13,17-18,33H,5-12,14-16H2,1H3,(H,27,34)/t18-/m1/s1. The van der Waals surface area contributed by atoms with Crippen molar-refractivity contribution in [3.8, 4) is 11.4 Å². The predicted molar refractivity (Wildman–Crippen MR) is 136 cm³/mol. The van der Waals surface area contributed by atoms with Gasteiger partial charge in [-0.2, -0.15) is 4.98 Å². The summed E-state index contributed by atoms with van der Waals surface area (Å²) >= 11 is 6.63. The first-order chi connectivity index (χ1) is 17.6. The molecule has 1 aromatic carbocycles. The number of hydrogen-bond acceptors (Lipinski definition) is 8. The van der Waals surface area contributed by atoms with Gasteiger partial charge < -0.3 is 24.3 Å². The molecule has 4 heterocycles. The summed E-state index contributed by atoms with van der Waals surface area (Å²) in [5.74, 6) is 1.55. The number of likely N-dealkylation sites (N-methyl/N-ethyl adjacent to an activating group) is 1. The molecule has 10 nitrogen and oxygen atoms in total. The van der Waals surface area contributed by atoms with E-state index in [4.69, 9.17) is 25.8 Å². The van der Waals surface area contributed by atoms with Crippen LogP contribution in [0.1, 0.15) is 18.7 Å². The van der Waals surface area contributed by atoms with Crippen molar-refractivity contribution in [3.63, 3.8) is 0 Å². The molecular formula is C25H33ClN6O4. The minimum atomic E-state index is -0.122. The van der Waals surface area contributed by atoms with Crippen molar-refractivity contribution in [1.29, 1.82) is 0 Å². The molecule has 0 unspecified atom stereocenters. The van der Waals surface area contributed by atoms with Crippen LogP contribution in [0.2, 0.25) is 5.02 Å². The molecule has 2 fully saturated rings. The van der Waals surface area contributed by atoms with E-state index in [1.54, 1.807) is 7.05 Å². The number of hydrogen-bond donors (Lipinski definition) is 2. The van der Waals surface area contributed by atoms with Gasteiger partial charge in [0, 0.05) is 69.6 Å². The van der Waals surface area contributed by atoms with E-state index in [1.807, 2.05) is 23.1 Å². The molecule has 0 radical (unpaired) electrons. The summed E-state index contributed by atoms with van der Waals surface area (Å²) in [5.41, 5.74) is 1.89. The Kier molecular flexibility index (Phi) is 7.87. The van der Waals surface area contributed by atoms with E-state index in [9.17, 15) is 9.90 Å². The fraction of sp³-hybridized carbons (Fsp3) is 0.560. The fourth-order valence-electron chi connectivity index (χ4n) is 5.21. The van der Waals surface area contributed by atoms with Gasteiger partial charge >= 0.3 is 0 Å². The Labute approximate surface area is 215 Å². The third-order valence-corrected chi connectivity index (χ3v) is 7.54. The Morgan fingerprint density at radius 1 is 1.28 bits per heavy atom. The van der Waals surface area contributed by atoms with Crippen LogP contribution in [0.15, 0.2) is 28.9 Å². The number of fused-ring (bicyclic) bond motifs is 1. The molecule has 0 bridgehead atoms. The molecule has 2 aliphatic heterocycles. The molecule has 1 amide bonds. The smallest absolute Gasteiger partial charge is 0.241 e. The lowest BCUT2D eigenvalue weighted by Gasteiger charge is -2.39. The van der Waals surface area contributed by atoms with Crippen LogP contribution in [0.4, 0.5) is 0 Å². The number of nitrogens with one attached hydrogen (secondary N) is 1. The van der Waals surface area contributed by atoms with Crippen molar-refractivity contribution in [2.24, 2.45) is 5.92 Å². The fourth-order valence-corrected chi connectivity index (χ4v) is 5.49. The van der Waals surface area contributed by atoms with Gasteiger partial charge in [0.05, 0.1) is 30.2 Å². The minimum absolute atomic E-state index is 0.0179. The first kappa shape index (κ1) is 25.2. The summed E-state index contributed by atoms with van der Waals surface area (Å²) in [5, 5.41) is 18.5. The highest BCUT2D eigenvalue weighted by Gasteiger charge is 2.29. The van der Waals surface area contributed by atoms with Gasteiger partial charge in [-0.15, -0.1) is 0 Å². The zero-order valence-electron chi connectivity index (χ0n) is 20.5. The van der Waals surface area contributed by atoms with Crippen LogP contribution in [-0.2, 0) is 22.6 Å². The lowest BCUT2D eigenvalue weighted by Crippen LogP contribution is -2.56. The molecule has 1 atom stereocenters. The van der Waals surface area contributed by atoms with Crippen molar-refractivity contribution >= 4 is 28.4 Å². The number of halogens is 1. The minimum Gasteiger partial charge on any atom is -0.395 e. The number of ether oxygens (including phenoxy) is 1. The van der Waals surface area contributed by atoms with Crippen molar-refractivity contribution in [3.05, 3.63) is 35.3 Å². The number of aliphatic hydroxyl groups excluding tert-OH is 1. The van der Waals surface area contributed by atoms with Crippen molar-refractivity contribution in [2.45, 2.75) is 32.0 Å². The Morgan fingerprint density at radius 3 is 2.89 bits per heavy atom. The predicted octanol–water partition coefficient (Wildman–Crippen LogP) is 2.00. The molecule has 2 aromatic heterocycles. The highest BCUT2D eigenvalue weighted by atomic mass is 35.5. The quantitative estimate of drug-likeness (QED) is 0.468. The van der Waals surface area contributed by atoms with Gasteiger partial charge in [-0.1, -0.05) is 28.9 Å². The highest BCUT2D eigenvalue weighted by molar-refractivity contribution is 6.35. The number of rotatable bonds is 8. The van der Waals surface area contributed by atoms with E-state index in [1.165, 1.54) is 0 Å². The van der Waals surface area contributed by atoms with Crippen LogP contribution >= 0.6 is 11.6 Å². The maximum Gasteiger partial charge on any atom is 0.241 e. The second-order valence-corrected chi connectivity index (χ2v) is 10.0. The molecule has 36 heavy (non-hydrogen) atoms. The van der Waals surface area contributed by atoms with Crippen molar-refractivity contribution in [1.82, 2.24) is 29.8 Å². The largest absolute Gasteiger partial charge is 0.395 e. The summed E-state index contributed by atoms with van der Waals surface area (Å²) in [4.78, 5) is 20.7. The van der Waals surface area contributed by atoms with E-state index < -0.39 is 0 Å². The lowest BCUT2D eigenvalue weighted by molar-refractivity contribution is -0.123. The Hall–Kier alpha value is -2.50. The highest BCUT2D eigenvalue weighted by Crippen LogP contribution is 2.34. The zero-order valence-corrected chi connectivity index (χ0v) is 21.3. The van der Waals surface area contributed by atoms with Crippen LogP contribution in [-0.4, -0.2) is 94.6 Å². The Bertz CT molecular complexity index is 1190. The average molecular weight is 517 g/mol. The third kappa shape index (κ3) is 5.42. The van der Waals surface area contributed by atoms with Gasteiger partial charge in [-0.05, 0) is 24.8 Å². The van der Waals surface area contributed by atoms with Crippen LogP contribution < -0.4 is 5.32 Å². The molecule has 194 valence electrons. The summed E-state index contributed by atoms with van der Waals surface area (Å²) in [6.45, 7) is 5.26. The number of amides is 1. The summed E-state index contributed by atoms with van der Waals surface area (Å²) in [7, 11) is 1.62. The number of aliphatic hydroxyl groups is 1. The van der Waals surface area contributed by atoms with Gasteiger partial charge in [-0.3, -0.25) is 14.6 Å². The summed E-state index contributed by atoms with van der Waals surface area (Å²) in [6.07, 6.45) is 4.16. The number of piperazine rings is 1. The third-order valence-electron chi connectivity index (χ3n) is 7.24. The van der Waals surface area contributed by atoms with E-state index in [-0.39, 0.29) is 25.1 Å². The van der Waals surface area contributed by atoms with Crippen LogP contribution in [0, 0.1) is 5.92 Å². The Morgan fingerprint density at radius 2 is 2.11 bits per heavy atom. The number of nitrogens with zero attached hydrogens (tertiary/aromatic N) is 5. The topological polar surface area (TPSA) is 109 Å². The number of carbonyl (C=O) groups is 1. The zero-order chi connectivity index (χ0) is 25.1. The maximum absolute atomic E-state index is 11.8. The average Bonchev–Trinajstić information content (AvgIpc) is 3.50. The molecular weight excluding hydrogens is 484 g/mol. The van der Waals surface area contributed by atoms with Crippen LogP contribution in [0.3, 0.4) is 0 Å². The van der Waals surface area contributed by atoms with E-state index in [0.29, 0.717) is 42.3 Å². The first-order valence-electron chi connectivity index (χ1n) is 12.5. The van der Waals surface area contributed by atoms with Crippen molar-refractivity contribution in [2.75, 3.05) is 53.0 Å². The maximum atomic E-state index is 11.8. The first-order valence-corrected chi connectivity index (χ1v) is 12.9. The molecule has 0 aliphatic carbocycles. The molecule has 3 aromatic rings. The van der Waals surface area contributed by atoms with Crippen LogP contribution in [0.25, 0.3) is 22.3 Å². The van der Waals surface area contributed by atoms with E-state index in [0.717, 1.165) is 55.6 Å². The van der Waals surface area contributed by atoms with Gasteiger partial charge in [0.15, 0.2) is 0 Å². The van der Waals surface area contributed by atoms with Gasteiger partial charge in [0.25, 0.3) is 0 Å². The molecule has 0 spiro atoms. The van der Waals surface area contributed by atoms with E-state index in [2.05, 4.69) is 26.1 Å². The van der Waals surface area contributed by atoms with E-state index >= 15 is 0 Å². The van der Waals surface area contributed by atoms with Gasteiger partial charge in [0.1, 0.15) is 0 Å². The SMILES string of the molecule is CNC(=O)CN1CCN(Cc2nc(-c3cn(CC4CCOCC4)c4c(Cl)cccc34)no2)C[C@@H]1CO. The molecule has 11 heteroatoms. The second kappa shape index (κ2) is 11.3. The Balaban J connectivity index is 1.32. The molecule has 0 saturated carbocycles. The van der Waals surface area contributed by atoms with Gasteiger partial charge in [-0.25, -0.2) is 0 Å². The molecule has 2 saturated heterocycles. The second-order valence-electron chi connectivity index (χ2n) is 9.61. The number of para-hydroxylation sites is 1. The molecule has 2 N–H and O–H groups in total. The molecule has 2 aliphatic rings. The number of aromatic nitrogens is 3. The number of benzene rings is 1. The monoisotopic (exact) mass is 516 g/mol. The lowest BCUT2D eigenvalue weighted by atomic mass is 10.0. The van der Waals surface area contributed by atoms with Crippen molar-refractivity contribution < 1.29 is 19.2 Å². The van der Waals surface area contributed by atoms with Crippen LogP contribution in [0.5, 0.6) is 0 Å². The number of carbonyl (C=O) groups excluding carboxylic acids is 1. The normalized spacial score (nSPS) is 20.2.